The smallest absolute Gasteiger partial charge is 0.264 e. The molecule has 1 aromatic heterocycles. The molecule has 0 saturated carbocycles. The van der Waals surface area contributed by atoms with Gasteiger partial charge in [0.2, 0.25) is 0 Å². The number of hydrogen-bond donors (Lipinski definition) is 0. The largest absolute Gasteiger partial charge is 0.378 e. The number of pyridine rings is 1. The molecule has 0 unspecified atom stereocenters. The second-order valence-electron chi connectivity index (χ2n) is 2.81. The van der Waals surface area contributed by atoms with Gasteiger partial charge in [-0.25, -0.2) is 0 Å². The number of alkyl halides is 1. The van der Waals surface area contributed by atoms with Crippen LogP contribution in [0, 0.1) is 0 Å². The Balaban J connectivity index is 2.64. The highest BCUT2D eigenvalue weighted by Gasteiger charge is 2.02. The van der Waals surface area contributed by atoms with Gasteiger partial charge < -0.3 is 9.30 Å². The van der Waals surface area contributed by atoms with Gasteiger partial charge in [0.1, 0.15) is 0 Å². The van der Waals surface area contributed by atoms with Crippen molar-refractivity contribution in [3.8, 4) is 0 Å². The molecule has 0 bridgehead atoms. The summed E-state index contributed by atoms with van der Waals surface area (Å²) >= 11 is 12.0. The second kappa shape index (κ2) is 6.68. The van der Waals surface area contributed by atoms with E-state index in [-0.39, 0.29) is 5.56 Å². The minimum atomic E-state index is -0.0623. The van der Waals surface area contributed by atoms with Crippen LogP contribution in [-0.4, -0.2) is 23.7 Å². The van der Waals surface area contributed by atoms with Crippen LogP contribution in [0.1, 0.15) is 0 Å². The van der Waals surface area contributed by atoms with Crippen molar-refractivity contribution < 1.29 is 4.74 Å². The molecule has 1 aromatic rings. The summed E-state index contributed by atoms with van der Waals surface area (Å²) < 4.78 is 8.17. The number of nitrogens with zero attached hydrogens (tertiary/aromatic N) is 1. The lowest BCUT2D eigenvalue weighted by atomic mass is 10.4. The quantitative estimate of drug-likeness (QED) is 0.598. The first-order valence-corrected chi connectivity index (χ1v) is 6.46. The van der Waals surface area contributed by atoms with E-state index >= 15 is 0 Å². The van der Waals surface area contributed by atoms with E-state index in [1.807, 2.05) is 0 Å². The molecule has 0 amide bonds. The van der Waals surface area contributed by atoms with Crippen LogP contribution in [0.25, 0.3) is 0 Å². The Morgan fingerprint density at radius 2 is 2.13 bits per heavy atom. The fourth-order valence-electron chi connectivity index (χ4n) is 1.05. The van der Waals surface area contributed by atoms with Crippen LogP contribution in [-0.2, 0) is 11.3 Å². The lowest BCUT2D eigenvalue weighted by molar-refractivity contribution is 0.140. The van der Waals surface area contributed by atoms with E-state index in [0.29, 0.717) is 30.1 Å². The molecule has 6 heteroatoms. The highest BCUT2D eigenvalue weighted by atomic mass is 79.9. The van der Waals surface area contributed by atoms with E-state index in [2.05, 4.69) is 31.9 Å². The maximum Gasteiger partial charge on any atom is 0.264 e. The Labute approximate surface area is 110 Å². The van der Waals surface area contributed by atoms with Gasteiger partial charge in [0.25, 0.3) is 5.56 Å². The van der Waals surface area contributed by atoms with E-state index in [1.54, 1.807) is 16.8 Å². The molecule has 0 fully saturated rings. The van der Waals surface area contributed by atoms with Crippen LogP contribution in [0.5, 0.6) is 0 Å². The Bertz CT molecular complexity index is 381. The van der Waals surface area contributed by atoms with Crippen molar-refractivity contribution in [3.05, 3.63) is 31.6 Å². The Morgan fingerprint density at radius 3 is 2.80 bits per heavy atom. The highest BCUT2D eigenvalue weighted by Crippen LogP contribution is 2.12. The topological polar surface area (TPSA) is 31.2 Å². The van der Waals surface area contributed by atoms with Gasteiger partial charge in [-0.05, 0) is 37.9 Å². The molecule has 0 aliphatic rings. The van der Waals surface area contributed by atoms with Crippen LogP contribution < -0.4 is 5.56 Å². The van der Waals surface area contributed by atoms with Crippen molar-refractivity contribution in [1.82, 2.24) is 4.57 Å². The third kappa shape index (κ3) is 4.26. The molecule has 3 nitrogen and oxygen atoms in total. The van der Waals surface area contributed by atoms with Crippen LogP contribution in [0.3, 0.4) is 0 Å². The molecular formula is C9H10Br2ClNO2. The Hall–Kier alpha value is 0.160. The van der Waals surface area contributed by atoms with Crippen molar-refractivity contribution in [3.63, 3.8) is 0 Å². The number of aromatic nitrogens is 1. The SMILES string of the molecule is O=c1c(Br)cc(Br)cn1CCOCCCl. The average molecular weight is 359 g/mol. The number of halogens is 3. The zero-order valence-corrected chi connectivity index (χ0v) is 11.8. The van der Waals surface area contributed by atoms with Crippen molar-refractivity contribution in [2.75, 3.05) is 19.1 Å². The third-order valence-corrected chi connectivity index (χ3v) is 2.86. The van der Waals surface area contributed by atoms with Crippen LogP contribution in [0.4, 0.5) is 0 Å². The maximum absolute atomic E-state index is 11.6. The van der Waals surface area contributed by atoms with Gasteiger partial charge in [0.05, 0.1) is 17.7 Å². The summed E-state index contributed by atoms with van der Waals surface area (Å²) in [6.07, 6.45) is 1.73. The van der Waals surface area contributed by atoms with Crippen molar-refractivity contribution in [2.24, 2.45) is 0 Å². The summed E-state index contributed by atoms with van der Waals surface area (Å²) in [4.78, 5) is 11.6. The summed E-state index contributed by atoms with van der Waals surface area (Å²) in [5.41, 5.74) is -0.0623. The predicted octanol–water partition coefficient (Wildman–Crippen LogP) is 2.63. The van der Waals surface area contributed by atoms with Gasteiger partial charge in [0, 0.05) is 23.1 Å². The first-order chi connectivity index (χ1) is 7.15. The van der Waals surface area contributed by atoms with Crippen LogP contribution in [0.2, 0.25) is 0 Å². The standard InChI is InChI=1S/C9H10Br2ClNO2/c10-7-5-8(11)9(14)13(6-7)2-4-15-3-1-12/h5-6H,1-4H2. The summed E-state index contributed by atoms with van der Waals surface area (Å²) in [5.74, 6) is 0.469. The Kier molecular flexibility index (Phi) is 5.89. The lowest BCUT2D eigenvalue weighted by Gasteiger charge is -2.07. The fourth-order valence-corrected chi connectivity index (χ4v) is 2.42. The zero-order valence-electron chi connectivity index (χ0n) is 7.88. The van der Waals surface area contributed by atoms with E-state index in [0.717, 1.165) is 4.47 Å². The zero-order chi connectivity index (χ0) is 11.3. The third-order valence-electron chi connectivity index (χ3n) is 1.71. The molecule has 0 aliphatic heterocycles. The first kappa shape index (κ1) is 13.2. The van der Waals surface area contributed by atoms with E-state index in [9.17, 15) is 4.79 Å². The molecule has 0 radical (unpaired) electrons. The van der Waals surface area contributed by atoms with E-state index in [4.69, 9.17) is 16.3 Å². The lowest BCUT2D eigenvalue weighted by Crippen LogP contribution is -2.22. The van der Waals surface area contributed by atoms with Gasteiger partial charge >= 0.3 is 0 Å². The van der Waals surface area contributed by atoms with Crippen molar-refractivity contribution in [1.29, 1.82) is 0 Å². The average Bonchev–Trinajstić information content (AvgIpc) is 2.19. The molecular weight excluding hydrogens is 349 g/mol. The van der Waals surface area contributed by atoms with Crippen LogP contribution >= 0.6 is 43.5 Å². The molecule has 0 aromatic carbocycles. The molecule has 1 rings (SSSR count). The minimum absolute atomic E-state index is 0.0623. The summed E-state index contributed by atoms with van der Waals surface area (Å²) in [7, 11) is 0. The number of rotatable bonds is 5. The van der Waals surface area contributed by atoms with E-state index in [1.165, 1.54) is 0 Å². The van der Waals surface area contributed by atoms with Crippen molar-refractivity contribution in [2.45, 2.75) is 6.54 Å². The molecule has 15 heavy (non-hydrogen) atoms. The van der Waals surface area contributed by atoms with Gasteiger partial charge in [-0.1, -0.05) is 0 Å². The summed E-state index contributed by atoms with van der Waals surface area (Å²) in [5, 5.41) is 0. The molecule has 0 N–H and O–H groups in total. The highest BCUT2D eigenvalue weighted by molar-refractivity contribution is 9.11. The fraction of sp³-hybridized carbons (Fsp3) is 0.444. The predicted molar refractivity (Wildman–Crippen MR) is 67.6 cm³/mol. The Morgan fingerprint density at radius 1 is 1.40 bits per heavy atom. The summed E-state index contributed by atoms with van der Waals surface area (Å²) in [6.45, 7) is 1.51. The molecule has 1 heterocycles. The van der Waals surface area contributed by atoms with Gasteiger partial charge in [-0.3, -0.25) is 4.79 Å². The summed E-state index contributed by atoms with van der Waals surface area (Å²) in [6, 6.07) is 1.72. The molecule has 0 atom stereocenters. The van der Waals surface area contributed by atoms with Gasteiger partial charge in [0.15, 0.2) is 0 Å². The van der Waals surface area contributed by atoms with Gasteiger partial charge in [-0.2, -0.15) is 0 Å². The van der Waals surface area contributed by atoms with Crippen molar-refractivity contribution >= 4 is 43.5 Å². The molecule has 0 saturated heterocycles. The normalized spacial score (nSPS) is 10.6. The van der Waals surface area contributed by atoms with Gasteiger partial charge in [-0.15, -0.1) is 11.6 Å². The minimum Gasteiger partial charge on any atom is -0.378 e. The molecule has 0 spiro atoms. The number of ether oxygens (including phenoxy) is 1. The molecule has 0 aliphatic carbocycles. The monoisotopic (exact) mass is 357 g/mol. The second-order valence-corrected chi connectivity index (χ2v) is 4.95. The van der Waals surface area contributed by atoms with Crippen LogP contribution in [0.15, 0.2) is 26.0 Å². The maximum atomic E-state index is 11.6. The van der Waals surface area contributed by atoms with E-state index < -0.39 is 0 Å². The number of hydrogen-bond acceptors (Lipinski definition) is 2. The molecule has 84 valence electrons. The first-order valence-electron chi connectivity index (χ1n) is 4.34.